The van der Waals surface area contributed by atoms with Crippen LogP contribution in [0.15, 0.2) is 17.3 Å². The maximum Gasteiger partial charge on any atom is 0.0991 e. The zero-order valence-corrected chi connectivity index (χ0v) is 13.9. The summed E-state index contributed by atoms with van der Waals surface area (Å²) in [7, 11) is 0. The van der Waals surface area contributed by atoms with E-state index in [4.69, 9.17) is 4.98 Å². The SMILES string of the molecule is CCCNCc1cnc(SC2CCCC(C)C2)c(C)c1. The van der Waals surface area contributed by atoms with E-state index in [1.165, 1.54) is 48.3 Å². The largest absolute Gasteiger partial charge is 0.313 e. The minimum absolute atomic E-state index is 0.772. The van der Waals surface area contributed by atoms with Gasteiger partial charge in [0.05, 0.1) is 5.03 Å². The number of hydrogen-bond acceptors (Lipinski definition) is 3. The molecule has 1 aliphatic rings. The van der Waals surface area contributed by atoms with E-state index in [1.54, 1.807) is 0 Å². The number of thioether (sulfide) groups is 1. The Morgan fingerprint density at radius 2 is 2.25 bits per heavy atom. The molecule has 0 aromatic carbocycles. The Morgan fingerprint density at radius 3 is 2.95 bits per heavy atom. The standard InChI is InChI=1S/C17H28N2S/c1-4-8-18-11-15-10-14(3)17(19-12-15)20-16-7-5-6-13(2)9-16/h10,12-13,16,18H,4-9,11H2,1-3H3. The topological polar surface area (TPSA) is 24.9 Å². The van der Waals surface area contributed by atoms with Crippen molar-refractivity contribution in [2.45, 2.75) is 69.7 Å². The van der Waals surface area contributed by atoms with Gasteiger partial charge in [-0.3, -0.25) is 0 Å². The van der Waals surface area contributed by atoms with Crippen molar-refractivity contribution >= 4 is 11.8 Å². The predicted octanol–water partition coefficient (Wildman–Crippen LogP) is 4.56. The summed E-state index contributed by atoms with van der Waals surface area (Å²) in [4.78, 5) is 4.70. The summed E-state index contributed by atoms with van der Waals surface area (Å²) in [5, 5.41) is 5.45. The van der Waals surface area contributed by atoms with Gasteiger partial charge in [0.2, 0.25) is 0 Å². The van der Waals surface area contributed by atoms with E-state index < -0.39 is 0 Å². The zero-order chi connectivity index (χ0) is 14.4. The monoisotopic (exact) mass is 292 g/mol. The quantitative estimate of drug-likeness (QED) is 0.778. The van der Waals surface area contributed by atoms with E-state index in [2.05, 4.69) is 32.2 Å². The molecule has 1 heterocycles. The first-order valence-corrected chi connectivity index (χ1v) is 8.90. The normalized spacial score (nSPS) is 22.9. The van der Waals surface area contributed by atoms with Crippen LogP contribution in [0.2, 0.25) is 0 Å². The van der Waals surface area contributed by atoms with E-state index in [-0.39, 0.29) is 0 Å². The number of pyridine rings is 1. The summed E-state index contributed by atoms with van der Waals surface area (Å²) < 4.78 is 0. The van der Waals surface area contributed by atoms with Crippen LogP contribution in [0.5, 0.6) is 0 Å². The number of nitrogens with one attached hydrogen (secondary N) is 1. The molecule has 1 fully saturated rings. The fourth-order valence-electron chi connectivity index (χ4n) is 2.89. The maximum atomic E-state index is 4.70. The number of aromatic nitrogens is 1. The number of rotatable bonds is 6. The Morgan fingerprint density at radius 1 is 1.40 bits per heavy atom. The van der Waals surface area contributed by atoms with Gasteiger partial charge in [-0.05, 0) is 49.8 Å². The molecular formula is C17H28N2S. The van der Waals surface area contributed by atoms with E-state index in [9.17, 15) is 0 Å². The van der Waals surface area contributed by atoms with Gasteiger partial charge in [0.1, 0.15) is 0 Å². The summed E-state index contributed by atoms with van der Waals surface area (Å²) in [5.41, 5.74) is 2.64. The van der Waals surface area contributed by atoms with Crippen molar-refractivity contribution < 1.29 is 0 Å². The highest BCUT2D eigenvalue weighted by Gasteiger charge is 2.20. The molecule has 0 aliphatic heterocycles. The molecule has 1 aromatic heterocycles. The molecule has 1 aliphatic carbocycles. The summed E-state index contributed by atoms with van der Waals surface area (Å²) in [6, 6.07) is 2.30. The van der Waals surface area contributed by atoms with Crippen LogP contribution in [0.3, 0.4) is 0 Å². The third kappa shape index (κ3) is 4.78. The highest BCUT2D eigenvalue weighted by Crippen LogP contribution is 2.36. The third-order valence-electron chi connectivity index (χ3n) is 4.01. The van der Waals surface area contributed by atoms with Gasteiger partial charge >= 0.3 is 0 Å². The molecule has 1 aromatic rings. The molecule has 2 atom stereocenters. The van der Waals surface area contributed by atoms with Crippen LogP contribution >= 0.6 is 11.8 Å². The van der Waals surface area contributed by atoms with Crippen molar-refractivity contribution in [2.75, 3.05) is 6.54 Å². The molecule has 112 valence electrons. The molecule has 0 spiro atoms. The Kier molecular flexibility index (Phi) is 6.37. The van der Waals surface area contributed by atoms with Gasteiger partial charge in [0.15, 0.2) is 0 Å². The summed E-state index contributed by atoms with van der Waals surface area (Å²) in [6.45, 7) is 8.80. The molecule has 3 heteroatoms. The molecule has 2 nitrogen and oxygen atoms in total. The Hall–Kier alpha value is -0.540. The molecule has 0 amide bonds. The molecule has 0 saturated heterocycles. The van der Waals surface area contributed by atoms with Crippen LogP contribution in [0.4, 0.5) is 0 Å². The van der Waals surface area contributed by atoms with Gasteiger partial charge in [-0.1, -0.05) is 32.8 Å². The summed E-state index contributed by atoms with van der Waals surface area (Å²) in [6.07, 6.45) is 8.73. The second-order valence-corrected chi connectivity index (χ2v) is 7.44. The lowest BCUT2D eigenvalue weighted by atomic mass is 9.91. The Bertz CT molecular complexity index is 419. The molecule has 0 bridgehead atoms. The minimum atomic E-state index is 0.772. The minimum Gasteiger partial charge on any atom is -0.313 e. The maximum absolute atomic E-state index is 4.70. The second kappa shape index (κ2) is 8.04. The van der Waals surface area contributed by atoms with Crippen LogP contribution in [0.25, 0.3) is 0 Å². The highest BCUT2D eigenvalue weighted by atomic mass is 32.2. The average Bonchev–Trinajstić information content (AvgIpc) is 2.42. The fourth-order valence-corrected chi connectivity index (χ4v) is 4.28. The Balaban J connectivity index is 1.91. The lowest BCUT2D eigenvalue weighted by molar-refractivity contribution is 0.394. The van der Waals surface area contributed by atoms with Crippen LogP contribution in [-0.4, -0.2) is 16.8 Å². The van der Waals surface area contributed by atoms with Gasteiger partial charge in [-0.15, -0.1) is 11.8 Å². The third-order valence-corrected chi connectivity index (χ3v) is 5.42. The van der Waals surface area contributed by atoms with Crippen molar-refractivity contribution in [3.63, 3.8) is 0 Å². The van der Waals surface area contributed by atoms with Gasteiger partial charge < -0.3 is 5.32 Å². The smallest absolute Gasteiger partial charge is 0.0991 e. The molecule has 1 N–H and O–H groups in total. The van der Waals surface area contributed by atoms with Crippen LogP contribution < -0.4 is 5.32 Å². The first kappa shape index (κ1) is 15.8. The summed E-state index contributed by atoms with van der Waals surface area (Å²) in [5.74, 6) is 0.888. The van der Waals surface area contributed by atoms with Gasteiger partial charge in [0.25, 0.3) is 0 Å². The average molecular weight is 292 g/mol. The van der Waals surface area contributed by atoms with Crippen molar-refractivity contribution in [1.29, 1.82) is 0 Å². The number of nitrogens with zero attached hydrogens (tertiary/aromatic N) is 1. The fraction of sp³-hybridized carbons (Fsp3) is 0.706. The van der Waals surface area contributed by atoms with Gasteiger partial charge in [-0.25, -0.2) is 4.98 Å². The van der Waals surface area contributed by atoms with Crippen LogP contribution in [0, 0.1) is 12.8 Å². The van der Waals surface area contributed by atoms with E-state index in [1.807, 2.05) is 18.0 Å². The molecule has 0 radical (unpaired) electrons. The Labute approximate surface area is 128 Å². The van der Waals surface area contributed by atoms with Gasteiger partial charge in [-0.2, -0.15) is 0 Å². The lowest BCUT2D eigenvalue weighted by Gasteiger charge is -2.26. The van der Waals surface area contributed by atoms with Crippen molar-refractivity contribution in [1.82, 2.24) is 10.3 Å². The molecule has 1 saturated carbocycles. The molecular weight excluding hydrogens is 264 g/mol. The zero-order valence-electron chi connectivity index (χ0n) is 13.1. The lowest BCUT2D eigenvalue weighted by Crippen LogP contribution is -2.16. The molecule has 2 rings (SSSR count). The predicted molar refractivity (Wildman–Crippen MR) is 88.2 cm³/mol. The number of aryl methyl sites for hydroxylation is 1. The van der Waals surface area contributed by atoms with E-state index in [0.29, 0.717) is 0 Å². The molecule has 2 unspecified atom stereocenters. The highest BCUT2D eigenvalue weighted by molar-refractivity contribution is 7.99. The van der Waals surface area contributed by atoms with Crippen molar-refractivity contribution in [3.05, 3.63) is 23.4 Å². The first-order chi connectivity index (χ1) is 9.69. The second-order valence-electron chi connectivity index (χ2n) is 6.15. The first-order valence-electron chi connectivity index (χ1n) is 8.02. The van der Waals surface area contributed by atoms with E-state index >= 15 is 0 Å². The number of hydrogen-bond donors (Lipinski definition) is 1. The van der Waals surface area contributed by atoms with Crippen molar-refractivity contribution in [3.8, 4) is 0 Å². The van der Waals surface area contributed by atoms with Crippen LogP contribution in [-0.2, 0) is 6.54 Å². The van der Waals surface area contributed by atoms with E-state index in [0.717, 1.165) is 24.3 Å². The summed E-state index contributed by atoms with van der Waals surface area (Å²) >= 11 is 2.00. The van der Waals surface area contributed by atoms with Crippen molar-refractivity contribution in [2.24, 2.45) is 5.92 Å². The molecule has 20 heavy (non-hydrogen) atoms. The van der Waals surface area contributed by atoms with Crippen LogP contribution in [0.1, 0.15) is 57.1 Å². The van der Waals surface area contributed by atoms with Gasteiger partial charge in [0, 0.05) is 18.0 Å².